The van der Waals surface area contributed by atoms with Gasteiger partial charge in [-0.15, -0.1) is 0 Å². The fourth-order valence-electron chi connectivity index (χ4n) is 1.40. The lowest BCUT2D eigenvalue weighted by molar-refractivity contribution is 1.07. The third kappa shape index (κ3) is 2.36. The summed E-state index contributed by atoms with van der Waals surface area (Å²) < 4.78 is 0. The van der Waals surface area contributed by atoms with Gasteiger partial charge in [-0.25, -0.2) is 0 Å². The summed E-state index contributed by atoms with van der Waals surface area (Å²) in [6.07, 6.45) is 1.87. The lowest BCUT2D eigenvalue weighted by Crippen LogP contribution is -2.00. The van der Waals surface area contributed by atoms with E-state index in [9.17, 15) is 0 Å². The van der Waals surface area contributed by atoms with Crippen molar-refractivity contribution in [3.8, 4) is 6.07 Å². The summed E-state index contributed by atoms with van der Waals surface area (Å²) in [5, 5.41) is 12.5. The predicted octanol–water partition coefficient (Wildman–Crippen LogP) is 3.15. The van der Waals surface area contributed by atoms with Gasteiger partial charge in [0.2, 0.25) is 0 Å². The van der Waals surface area contributed by atoms with E-state index < -0.39 is 0 Å². The zero-order valence-electron chi connectivity index (χ0n) is 8.50. The standard InChI is InChI=1S/C12H10ClN3/c13-11-6-9(7-14)3-4-12(11)16-8-10-2-1-5-15-10/h1-6,15-16H,8H2. The van der Waals surface area contributed by atoms with E-state index in [-0.39, 0.29) is 0 Å². The minimum absolute atomic E-state index is 0.561. The summed E-state index contributed by atoms with van der Waals surface area (Å²) in [7, 11) is 0. The maximum Gasteiger partial charge on any atom is 0.0992 e. The van der Waals surface area contributed by atoms with E-state index in [1.165, 1.54) is 0 Å². The van der Waals surface area contributed by atoms with Crippen LogP contribution in [0.5, 0.6) is 0 Å². The number of halogens is 1. The summed E-state index contributed by atoms with van der Waals surface area (Å²) in [5.74, 6) is 0. The lowest BCUT2D eigenvalue weighted by atomic mass is 10.2. The number of aromatic amines is 1. The highest BCUT2D eigenvalue weighted by Gasteiger charge is 2.01. The number of hydrogen-bond acceptors (Lipinski definition) is 2. The van der Waals surface area contributed by atoms with E-state index in [1.807, 2.05) is 30.5 Å². The van der Waals surface area contributed by atoms with Crippen molar-refractivity contribution in [1.82, 2.24) is 4.98 Å². The van der Waals surface area contributed by atoms with Gasteiger partial charge in [0.1, 0.15) is 0 Å². The Balaban J connectivity index is 2.08. The van der Waals surface area contributed by atoms with Gasteiger partial charge in [-0.05, 0) is 30.3 Å². The van der Waals surface area contributed by atoms with Gasteiger partial charge in [0.05, 0.1) is 28.9 Å². The first-order valence-corrected chi connectivity index (χ1v) is 5.23. The van der Waals surface area contributed by atoms with Crippen LogP contribution in [0.25, 0.3) is 0 Å². The summed E-state index contributed by atoms with van der Waals surface area (Å²) in [5.41, 5.74) is 2.48. The van der Waals surface area contributed by atoms with Gasteiger partial charge in [-0.3, -0.25) is 0 Å². The van der Waals surface area contributed by atoms with Gasteiger partial charge in [0.25, 0.3) is 0 Å². The molecule has 0 aliphatic heterocycles. The Labute approximate surface area is 98.7 Å². The quantitative estimate of drug-likeness (QED) is 0.853. The van der Waals surface area contributed by atoms with Crippen molar-refractivity contribution in [2.45, 2.75) is 6.54 Å². The molecule has 1 heterocycles. The first-order valence-electron chi connectivity index (χ1n) is 4.85. The molecular formula is C12H10ClN3. The SMILES string of the molecule is N#Cc1ccc(NCc2ccc[nH]2)c(Cl)c1. The van der Waals surface area contributed by atoms with Gasteiger partial charge in [-0.1, -0.05) is 11.6 Å². The highest BCUT2D eigenvalue weighted by molar-refractivity contribution is 6.33. The smallest absolute Gasteiger partial charge is 0.0992 e. The number of benzene rings is 1. The molecule has 2 aromatic rings. The second-order valence-electron chi connectivity index (χ2n) is 3.36. The molecule has 0 aliphatic rings. The Kier molecular flexibility index (Phi) is 3.13. The highest BCUT2D eigenvalue weighted by Crippen LogP contribution is 2.23. The Hall–Kier alpha value is -1.92. The van der Waals surface area contributed by atoms with Crippen molar-refractivity contribution in [3.05, 3.63) is 52.8 Å². The van der Waals surface area contributed by atoms with Crippen LogP contribution in [-0.4, -0.2) is 4.98 Å². The molecular weight excluding hydrogens is 222 g/mol. The molecule has 0 amide bonds. The molecule has 80 valence electrons. The molecule has 2 N–H and O–H groups in total. The molecule has 0 fully saturated rings. The Morgan fingerprint density at radius 2 is 2.25 bits per heavy atom. The Morgan fingerprint density at radius 1 is 1.38 bits per heavy atom. The second kappa shape index (κ2) is 4.73. The number of nitrogens with zero attached hydrogens (tertiary/aromatic N) is 1. The minimum Gasteiger partial charge on any atom is -0.378 e. The first-order chi connectivity index (χ1) is 7.79. The number of H-pyrrole nitrogens is 1. The van der Waals surface area contributed by atoms with Crippen molar-refractivity contribution in [1.29, 1.82) is 5.26 Å². The summed E-state index contributed by atoms with van der Waals surface area (Å²) in [4.78, 5) is 3.09. The molecule has 1 aromatic carbocycles. The summed E-state index contributed by atoms with van der Waals surface area (Å²) >= 11 is 6.02. The van der Waals surface area contributed by atoms with Crippen LogP contribution in [0.3, 0.4) is 0 Å². The van der Waals surface area contributed by atoms with E-state index in [1.54, 1.807) is 12.1 Å². The molecule has 16 heavy (non-hydrogen) atoms. The molecule has 4 heteroatoms. The van der Waals surface area contributed by atoms with Crippen LogP contribution in [0.1, 0.15) is 11.3 Å². The second-order valence-corrected chi connectivity index (χ2v) is 3.76. The van der Waals surface area contributed by atoms with Crippen LogP contribution in [0.4, 0.5) is 5.69 Å². The number of rotatable bonds is 3. The summed E-state index contributed by atoms with van der Waals surface area (Å²) in [6.45, 7) is 0.679. The predicted molar refractivity (Wildman–Crippen MR) is 64.3 cm³/mol. The largest absolute Gasteiger partial charge is 0.378 e. The van der Waals surface area contributed by atoms with Crippen LogP contribution in [0, 0.1) is 11.3 Å². The highest BCUT2D eigenvalue weighted by atomic mass is 35.5. The Bertz CT molecular complexity index is 512. The average molecular weight is 232 g/mol. The molecule has 0 aliphatic carbocycles. The monoisotopic (exact) mass is 231 g/mol. The van der Waals surface area contributed by atoms with Crippen LogP contribution in [-0.2, 0) is 6.54 Å². The van der Waals surface area contributed by atoms with E-state index in [0.29, 0.717) is 17.1 Å². The van der Waals surface area contributed by atoms with E-state index in [2.05, 4.69) is 10.3 Å². The molecule has 3 nitrogen and oxygen atoms in total. The topological polar surface area (TPSA) is 51.6 Å². The molecule has 1 aromatic heterocycles. The van der Waals surface area contributed by atoms with Crippen molar-refractivity contribution in [2.75, 3.05) is 5.32 Å². The maximum absolute atomic E-state index is 8.70. The molecule has 0 bridgehead atoms. The molecule has 0 unspecified atom stereocenters. The molecule has 0 radical (unpaired) electrons. The molecule has 0 saturated heterocycles. The van der Waals surface area contributed by atoms with Gasteiger partial charge < -0.3 is 10.3 Å². The van der Waals surface area contributed by atoms with Gasteiger partial charge >= 0.3 is 0 Å². The fraction of sp³-hybridized carbons (Fsp3) is 0.0833. The number of aromatic nitrogens is 1. The fourth-order valence-corrected chi connectivity index (χ4v) is 1.64. The normalized spacial score (nSPS) is 9.75. The van der Waals surface area contributed by atoms with Crippen LogP contribution < -0.4 is 5.32 Å². The third-order valence-corrected chi connectivity index (χ3v) is 2.54. The van der Waals surface area contributed by atoms with Crippen molar-refractivity contribution in [3.63, 3.8) is 0 Å². The molecule has 0 atom stereocenters. The maximum atomic E-state index is 8.70. The Morgan fingerprint density at radius 3 is 2.88 bits per heavy atom. The van der Waals surface area contributed by atoms with Crippen molar-refractivity contribution < 1.29 is 0 Å². The zero-order chi connectivity index (χ0) is 11.4. The molecule has 2 rings (SSSR count). The van der Waals surface area contributed by atoms with E-state index in [0.717, 1.165) is 11.4 Å². The number of nitriles is 1. The number of hydrogen-bond donors (Lipinski definition) is 2. The molecule has 0 spiro atoms. The van der Waals surface area contributed by atoms with Gasteiger partial charge in [0, 0.05) is 11.9 Å². The van der Waals surface area contributed by atoms with Gasteiger partial charge in [-0.2, -0.15) is 5.26 Å². The van der Waals surface area contributed by atoms with E-state index in [4.69, 9.17) is 16.9 Å². The van der Waals surface area contributed by atoms with Crippen LogP contribution >= 0.6 is 11.6 Å². The third-order valence-electron chi connectivity index (χ3n) is 2.23. The van der Waals surface area contributed by atoms with Crippen LogP contribution in [0.15, 0.2) is 36.5 Å². The molecule has 0 saturated carbocycles. The number of anilines is 1. The van der Waals surface area contributed by atoms with Gasteiger partial charge in [0.15, 0.2) is 0 Å². The van der Waals surface area contributed by atoms with E-state index >= 15 is 0 Å². The van der Waals surface area contributed by atoms with Crippen molar-refractivity contribution in [2.24, 2.45) is 0 Å². The van der Waals surface area contributed by atoms with Crippen LogP contribution in [0.2, 0.25) is 5.02 Å². The lowest BCUT2D eigenvalue weighted by Gasteiger charge is -2.07. The number of nitrogens with one attached hydrogen (secondary N) is 2. The zero-order valence-corrected chi connectivity index (χ0v) is 9.25. The average Bonchev–Trinajstić information content (AvgIpc) is 2.80. The summed E-state index contributed by atoms with van der Waals surface area (Å²) in [6, 6.07) is 11.2. The van der Waals surface area contributed by atoms with Crippen molar-refractivity contribution >= 4 is 17.3 Å². The minimum atomic E-state index is 0.561. The first kappa shape index (κ1) is 10.6.